The Labute approximate surface area is 87.5 Å². The van der Waals surface area contributed by atoms with Gasteiger partial charge in [0.2, 0.25) is 0 Å². The Bertz CT molecular complexity index is 557. The van der Waals surface area contributed by atoms with Crippen LogP contribution in [0.3, 0.4) is 0 Å². The second kappa shape index (κ2) is 2.83. The van der Waals surface area contributed by atoms with Crippen molar-refractivity contribution in [3.05, 3.63) is 42.0 Å². The van der Waals surface area contributed by atoms with Crippen LogP contribution in [0.15, 0.2) is 36.4 Å². The first-order valence-corrected chi connectivity index (χ1v) is 5.01. The summed E-state index contributed by atoms with van der Waals surface area (Å²) in [5.41, 5.74) is 1.03. The first-order valence-electron chi connectivity index (χ1n) is 5.01. The molecule has 2 aromatic rings. The van der Waals surface area contributed by atoms with Gasteiger partial charge in [-0.3, -0.25) is 4.79 Å². The molecule has 0 aliphatic carbocycles. The van der Waals surface area contributed by atoms with Crippen molar-refractivity contribution in [1.82, 2.24) is 0 Å². The molecule has 74 valence electrons. The van der Waals surface area contributed by atoms with Gasteiger partial charge in [-0.1, -0.05) is 30.3 Å². The van der Waals surface area contributed by atoms with Crippen molar-refractivity contribution in [1.29, 1.82) is 0 Å². The van der Waals surface area contributed by atoms with Gasteiger partial charge in [-0.25, -0.2) is 0 Å². The summed E-state index contributed by atoms with van der Waals surface area (Å²) in [5.74, 6) is 0.415. The van der Waals surface area contributed by atoms with E-state index in [2.05, 4.69) is 0 Å². The summed E-state index contributed by atoms with van der Waals surface area (Å²) in [6.45, 7) is 1.89. The van der Waals surface area contributed by atoms with E-state index in [1.165, 1.54) is 0 Å². The van der Waals surface area contributed by atoms with Gasteiger partial charge in [-0.05, 0) is 23.8 Å². The lowest BCUT2D eigenvalue weighted by Crippen LogP contribution is -2.05. The van der Waals surface area contributed by atoms with Gasteiger partial charge in [0.15, 0.2) is 0 Å². The second-order valence-electron chi connectivity index (χ2n) is 3.84. The molecule has 0 saturated heterocycles. The zero-order valence-corrected chi connectivity index (χ0v) is 8.36. The third-order valence-corrected chi connectivity index (χ3v) is 2.93. The third-order valence-electron chi connectivity index (χ3n) is 2.93. The van der Waals surface area contributed by atoms with Gasteiger partial charge in [-0.15, -0.1) is 0 Å². The fraction of sp³-hybridized carbons (Fsp3) is 0.154. The monoisotopic (exact) mass is 198 g/mol. The Morgan fingerprint density at radius 1 is 1.13 bits per heavy atom. The molecule has 1 aliphatic rings. The van der Waals surface area contributed by atoms with E-state index in [4.69, 9.17) is 4.74 Å². The molecule has 2 nitrogen and oxygen atoms in total. The highest BCUT2D eigenvalue weighted by atomic mass is 16.5. The van der Waals surface area contributed by atoms with Gasteiger partial charge in [0.1, 0.15) is 5.75 Å². The summed E-state index contributed by atoms with van der Waals surface area (Å²) in [6, 6.07) is 11.9. The van der Waals surface area contributed by atoms with Gasteiger partial charge in [0.25, 0.3) is 0 Å². The summed E-state index contributed by atoms with van der Waals surface area (Å²) in [5, 5.41) is 2.27. The van der Waals surface area contributed by atoms with Gasteiger partial charge in [0, 0.05) is 5.56 Å². The van der Waals surface area contributed by atoms with E-state index in [1.54, 1.807) is 0 Å². The molecule has 2 heteroatoms. The SMILES string of the molecule is CC1C(=O)Oc2ccc3ccccc3c21. The molecule has 0 saturated carbocycles. The molecule has 1 unspecified atom stereocenters. The zero-order chi connectivity index (χ0) is 10.4. The molecule has 1 aliphatic heterocycles. The van der Waals surface area contributed by atoms with Gasteiger partial charge < -0.3 is 4.74 Å². The maximum absolute atomic E-state index is 11.5. The largest absolute Gasteiger partial charge is 0.426 e. The smallest absolute Gasteiger partial charge is 0.318 e. The summed E-state index contributed by atoms with van der Waals surface area (Å²) in [7, 11) is 0. The Morgan fingerprint density at radius 2 is 1.93 bits per heavy atom. The second-order valence-corrected chi connectivity index (χ2v) is 3.84. The Kier molecular flexibility index (Phi) is 1.60. The molecular formula is C13H10O2. The van der Waals surface area contributed by atoms with Gasteiger partial charge >= 0.3 is 5.97 Å². The average Bonchev–Trinajstić information content (AvgIpc) is 2.55. The van der Waals surface area contributed by atoms with Crippen LogP contribution in [-0.2, 0) is 4.79 Å². The minimum atomic E-state index is -0.152. The molecule has 0 radical (unpaired) electrons. The van der Waals surface area contributed by atoms with E-state index < -0.39 is 0 Å². The van der Waals surface area contributed by atoms with Crippen molar-refractivity contribution in [2.45, 2.75) is 12.8 Å². The van der Waals surface area contributed by atoms with E-state index in [0.29, 0.717) is 5.75 Å². The first kappa shape index (κ1) is 8.48. The molecule has 0 amide bonds. The number of esters is 1. The van der Waals surface area contributed by atoms with E-state index in [0.717, 1.165) is 16.3 Å². The topological polar surface area (TPSA) is 26.3 Å². The summed E-state index contributed by atoms with van der Waals surface area (Å²) < 4.78 is 5.19. The van der Waals surface area contributed by atoms with Crippen LogP contribution in [0.2, 0.25) is 0 Å². The van der Waals surface area contributed by atoms with Crippen LogP contribution in [0.1, 0.15) is 18.4 Å². The average molecular weight is 198 g/mol. The third kappa shape index (κ3) is 1.08. The molecule has 1 atom stereocenters. The summed E-state index contributed by atoms with van der Waals surface area (Å²) in [6.07, 6.45) is 0. The van der Waals surface area contributed by atoms with Crippen LogP contribution in [0.25, 0.3) is 10.8 Å². The van der Waals surface area contributed by atoms with Crippen molar-refractivity contribution in [3.63, 3.8) is 0 Å². The lowest BCUT2D eigenvalue weighted by molar-refractivity contribution is -0.133. The number of fused-ring (bicyclic) bond motifs is 3. The van der Waals surface area contributed by atoms with Crippen LogP contribution >= 0.6 is 0 Å². The summed E-state index contributed by atoms with van der Waals surface area (Å²) >= 11 is 0. The number of benzene rings is 2. The molecule has 0 fully saturated rings. The molecule has 0 aromatic heterocycles. The molecule has 1 heterocycles. The van der Waals surface area contributed by atoms with Crippen molar-refractivity contribution < 1.29 is 9.53 Å². The zero-order valence-electron chi connectivity index (χ0n) is 8.36. The minimum absolute atomic E-state index is 0.147. The van der Waals surface area contributed by atoms with Crippen LogP contribution in [0.5, 0.6) is 5.75 Å². The fourth-order valence-electron chi connectivity index (χ4n) is 2.13. The number of rotatable bonds is 0. The van der Waals surface area contributed by atoms with Crippen molar-refractivity contribution in [2.24, 2.45) is 0 Å². The highest BCUT2D eigenvalue weighted by molar-refractivity contribution is 5.97. The van der Waals surface area contributed by atoms with Crippen molar-refractivity contribution >= 4 is 16.7 Å². The molecule has 2 aromatic carbocycles. The van der Waals surface area contributed by atoms with Gasteiger partial charge in [-0.2, -0.15) is 0 Å². The normalized spacial score (nSPS) is 19.0. The number of ether oxygens (including phenoxy) is 1. The van der Waals surface area contributed by atoms with E-state index in [9.17, 15) is 4.79 Å². The Hall–Kier alpha value is -1.83. The molecule has 0 bridgehead atoms. The van der Waals surface area contributed by atoms with Crippen LogP contribution in [0, 0.1) is 0 Å². The van der Waals surface area contributed by atoms with E-state index in [1.807, 2.05) is 43.3 Å². The first-order chi connectivity index (χ1) is 7.27. The quantitative estimate of drug-likeness (QED) is 0.480. The number of carbonyl (C=O) groups is 1. The maximum Gasteiger partial charge on any atom is 0.318 e. The Morgan fingerprint density at radius 3 is 2.80 bits per heavy atom. The minimum Gasteiger partial charge on any atom is -0.426 e. The Balaban J connectivity index is 2.40. The molecule has 0 spiro atoms. The standard InChI is InChI=1S/C13H10O2/c1-8-12-10-5-3-2-4-9(10)6-7-11(12)15-13(8)14/h2-8H,1H3. The van der Waals surface area contributed by atoms with E-state index >= 15 is 0 Å². The van der Waals surface area contributed by atoms with Crippen molar-refractivity contribution in [2.75, 3.05) is 0 Å². The highest BCUT2D eigenvalue weighted by Crippen LogP contribution is 2.39. The maximum atomic E-state index is 11.5. The number of carbonyl (C=O) groups excluding carboxylic acids is 1. The van der Waals surface area contributed by atoms with Crippen molar-refractivity contribution in [3.8, 4) is 5.75 Å². The highest BCUT2D eigenvalue weighted by Gasteiger charge is 2.30. The van der Waals surface area contributed by atoms with Crippen LogP contribution in [0.4, 0.5) is 0 Å². The molecular weight excluding hydrogens is 188 g/mol. The van der Waals surface area contributed by atoms with Crippen LogP contribution < -0.4 is 4.74 Å². The lowest BCUT2D eigenvalue weighted by Gasteiger charge is -2.04. The van der Waals surface area contributed by atoms with Gasteiger partial charge in [0.05, 0.1) is 5.92 Å². The predicted molar refractivity (Wildman–Crippen MR) is 58.0 cm³/mol. The number of hydrogen-bond acceptors (Lipinski definition) is 2. The molecule has 0 N–H and O–H groups in total. The lowest BCUT2D eigenvalue weighted by atomic mass is 9.96. The van der Waals surface area contributed by atoms with E-state index in [-0.39, 0.29) is 11.9 Å². The fourth-order valence-corrected chi connectivity index (χ4v) is 2.13. The molecule has 15 heavy (non-hydrogen) atoms. The van der Waals surface area contributed by atoms with Crippen LogP contribution in [-0.4, -0.2) is 5.97 Å². The predicted octanol–water partition coefficient (Wildman–Crippen LogP) is 2.86. The summed E-state index contributed by atoms with van der Waals surface area (Å²) in [4.78, 5) is 11.5. The molecule has 3 rings (SSSR count). The number of hydrogen-bond donors (Lipinski definition) is 0.